The van der Waals surface area contributed by atoms with Gasteiger partial charge in [-0.3, -0.25) is 5.10 Å². The van der Waals surface area contributed by atoms with Crippen molar-refractivity contribution in [3.63, 3.8) is 0 Å². The second-order valence-corrected chi connectivity index (χ2v) is 6.10. The molecule has 0 aliphatic carbocycles. The van der Waals surface area contributed by atoms with E-state index in [4.69, 9.17) is 0 Å². The van der Waals surface area contributed by atoms with Crippen LogP contribution in [-0.4, -0.2) is 41.8 Å². The van der Waals surface area contributed by atoms with Gasteiger partial charge in [-0.1, -0.05) is 12.1 Å². The third-order valence-corrected chi connectivity index (χ3v) is 4.48. The van der Waals surface area contributed by atoms with E-state index in [2.05, 4.69) is 34.9 Å². The highest BCUT2D eigenvalue weighted by Gasteiger charge is 2.23. The predicted molar refractivity (Wildman–Crippen MR) is 73.9 cm³/mol. The number of nitrogens with one attached hydrogen (secondary N) is 3. The molecule has 0 aliphatic heterocycles. The summed E-state index contributed by atoms with van der Waals surface area (Å²) in [7, 11) is -3.63. The fourth-order valence-electron chi connectivity index (χ4n) is 1.86. The summed E-state index contributed by atoms with van der Waals surface area (Å²) < 4.78 is 31.8. The van der Waals surface area contributed by atoms with E-state index in [1.807, 2.05) is 6.92 Å². The Hall–Kier alpha value is -1.78. The van der Waals surface area contributed by atoms with E-state index in [9.17, 15) is 8.42 Å². The second kappa shape index (κ2) is 6.78. The van der Waals surface area contributed by atoms with Gasteiger partial charge in [0.15, 0.2) is 5.82 Å². The first-order valence-corrected chi connectivity index (χ1v) is 8.02. The number of hydrogen-bond acceptors (Lipinski definition) is 7. The first kappa shape index (κ1) is 15.6. The van der Waals surface area contributed by atoms with Crippen LogP contribution >= 0.6 is 0 Å². The Morgan fingerprint density at radius 2 is 2.24 bits per heavy atom. The van der Waals surface area contributed by atoms with Crippen molar-refractivity contribution in [3.05, 3.63) is 23.6 Å². The van der Waals surface area contributed by atoms with Crippen LogP contribution in [0.1, 0.15) is 24.1 Å². The van der Waals surface area contributed by atoms with Crippen molar-refractivity contribution in [2.75, 3.05) is 13.1 Å². The number of aromatic nitrogens is 4. The number of nitrogens with zero attached hydrogens (tertiary/aromatic N) is 3. The molecule has 2 heterocycles. The maximum atomic E-state index is 12.4. The molecule has 0 atom stereocenters. The minimum atomic E-state index is -3.63. The SMILES string of the molecule is CCNCc1n[nH]c(C)c1S(=O)(=O)NCCc1ncon1. The number of aryl methyl sites for hydroxylation is 1. The minimum Gasteiger partial charge on any atom is -0.343 e. The molecule has 0 saturated carbocycles. The Labute approximate surface area is 122 Å². The number of aromatic amines is 1. The summed E-state index contributed by atoms with van der Waals surface area (Å²) in [5.74, 6) is 0.453. The molecule has 2 aromatic heterocycles. The quantitative estimate of drug-likeness (QED) is 0.612. The second-order valence-electron chi connectivity index (χ2n) is 4.40. The summed E-state index contributed by atoms with van der Waals surface area (Å²) >= 11 is 0. The van der Waals surface area contributed by atoms with E-state index in [0.29, 0.717) is 30.2 Å². The Kier molecular flexibility index (Phi) is 5.04. The van der Waals surface area contributed by atoms with Crippen LogP contribution in [0, 0.1) is 6.92 Å². The minimum absolute atomic E-state index is 0.188. The molecule has 2 rings (SSSR count). The topological polar surface area (TPSA) is 126 Å². The van der Waals surface area contributed by atoms with E-state index in [1.165, 1.54) is 6.39 Å². The summed E-state index contributed by atoms with van der Waals surface area (Å²) in [6, 6.07) is 0. The fourth-order valence-corrected chi connectivity index (χ4v) is 3.25. The molecular weight excluding hydrogens is 296 g/mol. The molecule has 21 heavy (non-hydrogen) atoms. The van der Waals surface area contributed by atoms with Crippen LogP contribution in [0.3, 0.4) is 0 Å². The first-order chi connectivity index (χ1) is 10.0. The lowest BCUT2D eigenvalue weighted by atomic mass is 10.3. The van der Waals surface area contributed by atoms with Gasteiger partial charge in [-0.15, -0.1) is 0 Å². The Balaban J connectivity index is 2.06. The molecule has 0 aliphatic rings. The van der Waals surface area contributed by atoms with Crippen LogP contribution in [0.5, 0.6) is 0 Å². The smallest absolute Gasteiger partial charge is 0.244 e. The highest BCUT2D eigenvalue weighted by Crippen LogP contribution is 2.17. The molecule has 116 valence electrons. The normalized spacial score (nSPS) is 11.9. The summed E-state index contributed by atoms with van der Waals surface area (Å²) in [4.78, 5) is 4.02. The zero-order valence-corrected chi connectivity index (χ0v) is 12.7. The zero-order chi connectivity index (χ0) is 15.3. The summed E-state index contributed by atoms with van der Waals surface area (Å²) in [6.07, 6.45) is 1.56. The number of H-pyrrole nitrogens is 1. The molecule has 0 aromatic carbocycles. The average molecular weight is 314 g/mol. The Bertz CT molecular complexity index is 664. The van der Waals surface area contributed by atoms with Gasteiger partial charge < -0.3 is 9.84 Å². The van der Waals surface area contributed by atoms with Gasteiger partial charge in [0.1, 0.15) is 4.90 Å². The maximum absolute atomic E-state index is 12.4. The van der Waals surface area contributed by atoms with Crippen LogP contribution in [0.25, 0.3) is 0 Å². The van der Waals surface area contributed by atoms with Gasteiger partial charge in [0.25, 0.3) is 0 Å². The predicted octanol–water partition coefficient (Wildman–Crippen LogP) is -0.268. The standard InChI is InChI=1S/C11H18N6O3S/c1-3-12-6-9-11(8(2)15-16-9)21(18,19)14-5-4-10-13-7-20-17-10/h7,12,14H,3-6H2,1-2H3,(H,15,16). The van der Waals surface area contributed by atoms with Gasteiger partial charge in [0, 0.05) is 19.5 Å². The van der Waals surface area contributed by atoms with Crippen LogP contribution < -0.4 is 10.0 Å². The first-order valence-electron chi connectivity index (χ1n) is 6.54. The third kappa shape index (κ3) is 3.86. The van der Waals surface area contributed by atoms with Crippen molar-refractivity contribution in [2.45, 2.75) is 31.7 Å². The lowest BCUT2D eigenvalue weighted by Crippen LogP contribution is -2.28. The fraction of sp³-hybridized carbons (Fsp3) is 0.545. The lowest BCUT2D eigenvalue weighted by molar-refractivity contribution is 0.409. The molecule has 2 aromatic rings. The van der Waals surface area contributed by atoms with Gasteiger partial charge in [-0.05, 0) is 13.5 Å². The van der Waals surface area contributed by atoms with Gasteiger partial charge in [0.05, 0.1) is 11.4 Å². The van der Waals surface area contributed by atoms with Gasteiger partial charge >= 0.3 is 0 Å². The molecule has 0 bridgehead atoms. The average Bonchev–Trinajstić information content (AvgIpc) is 3.06. The van der Waals surface area contributed by atoms with E-state index >= 15 is 0 Å². The summed E-state index contributed by atoms with van der Waals surface area (Å²) in [5, 5.41) is 13.4. The van der Waals surface area contributed by atoms with E-state index < -0.39 is 10.0 Å². The van der Waals surface area contributed by atoms with Crippen molar-refractivity contribution < 1.29 is 12.9 Å². The molecule has 3 N–H and O–H groups in total. The highest BCUT2D eigenvalue weighted by atomic mass is 32.2. The van der Waals surface area contributed by atoms with Crippen molar-refractivity contribution in [1.82, 2.24) is 30.4 Å². The van der Waals surface area contributed by atoms with Crippen LogP contribution in [-0.2, 0) is 23.0 Å². The molecular formula is C11H18N6O3S. The van der Waals surface area contributed by atoms with E-state index in [-0.39, 0.29) is 11.4 Å². The van der Waals surface area contributed by atoms with Crippen LogP contribution in [0.2, 0.25) is 0 Å². The van der Waals surface area contributed by atoms with E-state index in [1.54, 1.807) is 6.92 Å². The zero-order valence-electron chi connectivity index (χ0n) is 11.9. The van der Waals surface area contributed by atoms with Crippen molar-refractivity contribution in [1.29, 1.82) is 0 Å². The van der Waals surface area contributed by atoms with Crippen molar-refractivity contribution in [3.8, 4) is 0 Å². The van der Waals surface area contributed by atoms with Crippen molar-refractivity contribution in [2.24, 2.45) is 0 Å². The largest absolute Gasteiger partial charge is 0.343 e. The Morgan fingerprint density at radius 3 is 2.90 bits per heavy atom. The molecule has 9 nitrogen and oxygen atoms in total. The highest BCUT2D eigenvalue weighted by molar-refractivity contribution is 7.89. The molecule has 0 radical (unpaired) electrons. The molecule has 10 heteroatoms. The summed E-state index contributed by atoms with van der Waals surface area (Å²) in [6.45, 7) is 4.93. The molecule has 0 saturated heterocycles. The van der Waals surface area contributed by atoms with Crippen LogP contribution in [0.15, 0.2) is 15.8 Å². The van der Waals surface area contributed by atoms with Crippen molar-refractivity contribution >= 4 is 10.0 Å². The number of sulfonamides is 1. The third-order valence-electron chi connectivity index (χ3n) is 2.82. The monoisotopic (exact) mass is 314 g/mol. The molecule has 0 spiro atoms. The maximum Gasteiger partial charge on any atom is 0.244 e. The van der Waals surface area contributed by atoms with Gasteiger partial charge in [-0.25, -0.2) is 13.1 Å². The lowest BCUT2D eigenvalue weighted by Gasteiger charge is -2.07. The molecule has 0 fully saturated rings. The summed E-state index contributed by atoms with van der Waals surface area (Å²) in [5.41, 5.74) is 0.983. The van der Waals surface area contributed by atoms with Gasteiger partial charge in [-0.2, -0.15) is 10.1 Å². The van der Waals surface area contributed by atoms with Crippen LogP contribution in [0.4, 0.5) is 0 Å². The van der Waals surface area contributed by atoms with Gasteiger partial charge in [0.2, 0.25) is 16.4 Å². The number of rotatable bonds is 8. The van der Waals surface area contributed by atoms with E-state index in [0.717, 1.165) is 6.54 Å². The molecule has 0 unspecified atom stereocenters. The number of hydrogen-bond donors (Lipinski definition) is 3. The Morgan fingerprint density at radius 1 is 1.43 bits per heavy atom. The molecule has 0 amide bonds.